The number of hydrogen-bond acceptors (Lipinski definition) is 2. The molecule has 0 fully saturated rings. The highest BCUT2D eigenvalue weighted by atomic mass is 19.1. The highest BCUT2D eigenvalue weighted by molar-refractivity contribution is 5.93. The fraction of sp³-hybridized carbons (Fsp3) is 0.111. The Morgan fingerprint density at radius 3 is 2.35 bits per heavy atom. The summed E-state index contributed by atoms with van der Waals surface area (Å²) < 4.78 is 12.7. The van der Waals surface area contributed by atoms with E-state index in [-0.39, 0.29) is 18.1 Å². The van der Waals surface area contributed by atoms with Crippen LogP contribution in [0.3, 0.4) is 0 Å². The van der Waals surface area contributed by atoms with E-state index in [1.54, 1.807) is 12.1 Å². The van der Waals surface area contributed by atoms with Crippen molar-refractivity contribution in [1.29, 1.82) is 0 Å². The molecule has 0 unspecified atom stereocenters. The van der Waals surface area contributed by atoms with Gasteiger partial charge in [0.25, 0.3) is 5.91 Å². The quantitative estimate of drug-likeness (QED) is 0.658. The zero-order valence-corrected chi connectivity index (χ0v) is 12.5. The summed E-state index contributed by atoms with van der Waals surface area (Å²) in [6, 6.07) is 15.3. The van der Waals surface area contributed by atoms with Crippen LogP contribution in [0.5, 0.6) is 0 Å². The lowest BCUT2D eigenvalue weighted by atomic mass is 10.1. The van der Waals surface area contributed by atoms with E-state index in [9.17, 15) is 14.0 Å². The predicted octanol–water partition coefficient (Wildman–Crippen LogP) is 2.62. The minimum absolute atomic E-state index is 0.266. The highest BCUT2D eigenvalue weighted by Gasteiger charge is 2.03. The topological polar surface area (TPSA) is 58.2 Å². The zero-order chi connectivity index (χ0) is 16.5. The molecule has 4 nitrogen and oxygen atoms in total. The van der Waals surface area contributed by atoms with Crippen LogP contribution in [0, 0.1) is 5.82 Å². The molecule has 0 saturated carbocycles. The first-order valence-corrected chi connectivity index (χ1v) is 7.20. The van der Waals surface area contributed by atoms with Gasteiger partial charge in [-0.3, -0.25) is 20.4 Å². The molecule has 2 N–H and O–H groups in total. The molecule has 0 saturated heterocycles. The Hall–Kier alpha value is -2.95. The van der Waals surface area contributed by atoms with Gasteiger partial charge in [-0.25, -0.2) is 4.39 Å². The average Bonchev–Trinajstić information content (AvgIpc) is 2.58. The van der Waals surface area contributed by atoms with Gasteiger partial charge in [-0.05, 0) is 35.8 Å². The monoisotopic (exact) mass is 312 g/mol. The van der Waals surface area contributed by atoms with Crippen molar-refractivity contribution >= 4 is 17.9 Å². The van der Waals surface area contributed by atoms with E-state index >= 15 is 0 Å². The van der Waals surface area contributed by atoms with E-state index in [4.69, 9.17) is 0 Å². The maximum absolute atomic E-state index is 12.7. The van der Waals surface area contributed by atoms with Crippen LogP contribution in [0.4, 0.5) is 4.39 Å². The molecule has 0 aromatic heterocycles. The van der Waals surface area contributed by atoms with Gasteiger partial charge in [0.1, 0.15) is 5.82 Å². The van der Waals surface area contributed by atoms with Crippen molar-refractivity contribution in [2.24, 2.45) is 0 Å². The Morgan fingerprint density at radius 2 is 1.65 bits per heavy atom. The molecule has 0 atom stereocenters. The van der Waals surface area contributed by atoms with Gasteiger partial charge in [-0.2, -0.15) is 0 Å². The van der Waals surface area contributed by atoms with E-state index in [2.05, 4.69) is 10.9 Å². The van der Waals surface area contributed by atoms with E-state index in [1.807, 2.05) is 30.3 Å². The van der Waals surface area contributed by atoms with Gasteiger partial charge in [0.15, 0.2) is 0 Å². The fourth-order valence-electron chi connectivity index (χ4n) is 1.88. The summed E-state index contributed by atoms with van der Waals surface area (Å²) in [6.07, 6.45) is 3.69. The molecular weight excluding hydrogens is 295 g/mol. The molecule has 118 valence electrons. The Morgan fingerprint density at radius 1 is 0.957 bits per heavy atom. The Balaban J connectivity index is 1.71. The second-order valence-corrected chi connectivity index (χ2v) is 4.91. The van der Waals surface area contributed by atoms with Gasteiger partial charge in [0.05, 0.1) is 0 Å². The second-order valence-electron chi connectivity index (χ2n) is 4.91. The molecule has 0 radical (unpaired) electrons. The van der Waals surface area contributed by atoms with Crippen LogP contribution in [-0.2, 0) is 16.0 Å². The molecule has 0 spiro atoms. The number of hydrogen-bond donors (Lipinski definition) is 2. The number of rotatable bonds is 5. The Bertz CT molecular complexity index is 682. The second kappa shape index (κ2) is 8.48. The third-order valence-corrected chi connectivity index (χ3v) is 3.11. The summed E-state index contributed by atoms with van der Waals surface area (Å²) >= 11 is 0. The van der Waals surface area contributed by atoms with Crippen molar-refractivity contribution in [3.63, 3.8) is 0 Å². The molecular formula is C18H17FN2O2. The first kappa shape index (κ1) is 16.4. The summed E-state index contributed by atoms with van der Waals surface area (Å²) in [4.78, 5) is 23.2. The van der Waals surface area contributed by atoms with Gasteiger partial charge in [-0.1, -0.05) is 42.5 Å². The number of halogens is 1. The van der Waals surface area contributed by atoms with Crippen molar-refractivity contribution < 1.29 is 14.0 Å². The van der Waals surface area contributed by atoms with Gasteiger partial charge in [-0.15, -0.1) is 0 Å². The summed E-state index contributed by atoms with van der Waals surface area (Å²) in [5.41, 5.74) is 6.40. The minimum Gasteiger partial charge on any atom is -0.273 e. The van der Waals surface area contributed by atoms with Crippen molar-refractivity contribution in [3.05, 3.63) is 77.6 Å². The summed E-state index contributed by atoms with van der Waals surface area (Å²) in [6.45, 7) is 0. The predicted molar refractivity (Wildman–Crippen MR) is 86.5 cm³/mol. The maximum atomic E-state index is 12.7. The Kier molecular flexibility index (Phi) is 6.06. The maximum Gasteiger partial charge on any atom is 0.262 e. The first-order chi connectivity index (χ1) is 11.1. The first-order valence-electron chi connectivity index (χ1n) is 7.20. The van der Waals surface area contributed by atoms with Crippen LogP contribution in [0.2, 0.25) is 0 Å². The van der Waals surface area contributed by atoms with Crippen LogP contribution in [-0.4, -0.2) is 11.8 Å². The van der Waals surface area contributed by atoms with Crippen LogP contribution in [0.25, 0.3) is 6.08 Å². The van der Waals surface area contributed by atoms with Crippen LogP contribution >= 0.6 is 0 Å². The van der Waals surface area contributed by atoms with E-state index in [0.717, 1.165) is 5.56 Å². The number of aryl methyl sites for hydroxylation is 1. The summed E-state index contributed by atoms with van der Waals surface area (Å²) in [5, 5.41) is 0. The molecule has 2 aromatic rings. The molecule has 2 aromatic carbocycles. The number of hydrazine groups is 1. The van der Waals surface area contributed by atoms with Gasteiger partial charge < -0.3 is 0 Å². The molecule has 0 aliphatic heterocycles. The molecule has 2 rings (SSSR count). The number of nitrogens with one attached hydrogen (secondary N) is 2. The van der Waals surface area contributed by atoms with Crippen molar-refractivity contribution in [2.75, 3.05) is 0 Å². The molecule has 0 aliphatic carbocycles. The lowest BCUT2D eigenvalue weighted by Gasteiger charge is -2.05. The average molecular weight is 312 g/mol. The zero-order valence-electron chi connectivity index (χ0n) is 12.5. The fourth-order valence-corrected chi connectivity index (χ4v) is 1.88. The third-order valence-electron chi connectivity index (χ3n) is 3.11. The smallest absolute Gasteiger partial charge is 0.262 e. The molecule has 2 amide bonds. The molecule has 0 aliphatic rings. The minimum atomic E-state index is -0.456. The van der Waals surface area contributed by atoms with Crippen LogP contribution in [0.15, 0.2) is 60.7 Å². The SMILES string of the molecule is O=C(/C=C/c1ccc(F)cc1)NNC(=O)CCc1ccccc1. The third kappa shape index (κ3) is 6.13. The molecule has 5 heteroatoms. The highest BCUT2D eigenvalue weighted by Crippen LogP contribution is 2.04. The number of benzene rings is 2. The Labute approximate surface area is 134 Å². The van der Waals surface area contributed by atoms with Crippen molar-refractivity contribution in [2.45, 2.75) is 12.8 Å². The standard InChI is InChI=1S/C18H17FN2O2/c19-16-10-6-15(7-11-16)9-13-18(23)21-20-17(22)12-8-14-4-2-1-3-5-14/h1-7,9-11,13H,8,12H2,(H,20,22)(H,21,23)/b13-9+. The number of amides is 2. The molecule has 0 heterocycles. The lowest BCUT2D eigenvalue weighted by Crippen LogP contribution is -2.40. The summed E-state index contributed by atoms with van der Waals surface area (Å²) in [7, 11) is 0. The van der Waals surface area contributed by atoms with Gasteiger partial charge in [0.2, 0.25) is 5.91 Å². The lowest BCUT2D eigenvalue weighted by molar-refractivity contribution is -0.126. The largest absolute Gasteiger partial charge is 0.273 e. The molecule has 0 bridgehead atoms. The van der Waals surface area contributed by atoms with Crippen molar-refractivity contribution in [3.8, 4) is 0 Å². The number of carbonyl (C=O) groups is 2. The molecule has 23 heavy (non-hydrogen) atoms. The van der Waals surface area contributed by atoms with E-state index < -0.39 is 5.91 Å². The van der Waals surface area contributed by atoms with Gasteiger partial charge >= 0.3 is 0 Å². The summed E-state index contributed by atoms with van der Waals surface area (Å²) in [5.74, 6) is -1.06. The van der Waals surface area contributed by atoms with Crippen molar-refractivity contribution in [1.82, 2.24) is 10.9 Å². The van der Waals surface area contributed by atoms with Gasteiger partial charge in [0, 0.05) is 12.5 Å². The number of carbonyl (C=O) groups excluding carboxylic acids is 2. The van der Waals surface area contributed by atoms with Crippen LogP contribution < -0.4 is 10.9 Å². The van der Waals surface area contributed by atoms with Crippen LogP contribution in [0.1, 0.15) is 17.5 Å². The van der Waals surface area contributed by atoms with E-state index in [1.165, 1.54) is 24.3 Å². The van der Waals surface area contributed by atoms with E-state index in [0.29, 0.717) is 12.0 Å². The normalized spacial score (nSPS) is 10.5.